The second-order valence-electron chi connectivity index (χ2n) is 4.98. The Kier molecular flexibility index (Phi) is 7.65. The van der Waals surface area contributed by atoms with Gasteiger partial charge in [-0.05, 0) is 24.4 Å². The SMILES string of the molecule is CC(C)Cc1ccccc1.CCNC1NCCN1. The Balaban J connectivity index is 0.000000184. The lowest BCUT2D eigenvalue weighted by Crippen LogP contribution is -2.44. The highest BCUT2D eigenvalue weighted by molar-refractivity contribution is 5.14. The van der Waals surface area contributed by atoms with Gasteiger partial charge in [0.2, 0.25) is 0 Å². The molecule has 0 atom stereocenters. The standard InChI is InChI=1S/C10H14.C5H13N3/c1-9(2)8-10-6-4-3-5-7-10;1-2-6-5-7-3-4-8-5/h3-7,9H,8H2,1-2H3;5-8H,2-4H2,1H3. The summed E-state index contributed by atoms with van der Waals surface area (Å²) >= 11 is 0. The minimum atomic E-state index is 0.361. The van der Waals surface area contributed by atoms with Crippen molar-refractivity contribution in [1.82, 2.24) is 16.0 Å². The summed E-state index contributed by atoms with van der Waals surface area (Å²) in [5, 5.41) is 9.69. The molecule has 3 nitrogen and oxygen atoms in total. The summed E-state index contributed by atoms with van der Waals surface area (Å²) in [6, 6.07) is 10.6. The first-order chi connectivity index (χ1) is 8.72. The van der Waals surface area contributed by atoms with E-state index in [9.17, 15) is 0 Å². The van der Waals surface area contributed by atoms with Crippen LogP contribution in [0, 0.1) is 5.92 Å². The molecular formula is C15H27N3. The summed E-state index contributed by atoms with van der Waals surface area (Å²) in [7, 11) is 0. The van der Waals surface area contributed by atoms with Crippen LogP contribution in [0.2, 0.25) is 0 Å². The Morgan fingerprint density at radius 3 is 2.28 bits per heavy atom. The van der Waals surface area contributed by atoms with Crippen molar-refractivity contribution in [3.8, 4) is 0 Å². The molecule has 102 valence electrons. The normalized spacial score (nSPS) is 15.6. The van der Waals surface area contributed by atoms with Crippen LogP contribution >= 0.6 is 0 Å². The van der Waals surface area contributed by atoms with Crippen molar-refractivity contribution in [3.05, 3.63) is 35.9 Å². The van der Waals surface area contributed by atoms with E-state index >= 15 is 0 Å². The highest BCUT2D eigenvalue weighted by Crippen LogP contribution is 2.05. The van der Waals surface area contributed by atoms with Gasteiger partial charge in [-0.15, -0.1) is 0 Å². The Labute approximate surface area is 111 Å². The molecule has 0 unspecified atom stereocenters. The second-order valence-corrected chi connectivity index (χ2v) is 4.98. The molecule has 1 aromatic rings. The fourth-order valence-corrected chi connectivity index (χ4v) is 1.94. The van der Waals surface area contributed by atoms with Gasteiger partial charge in [0, 0.05) is 13.1 Å². The van der Waals surface area contributed by atoms with Crippen LogP contribution in [0.4, 0.5) is 0 Å². The highest BCUT2D eigenvalue weighted by atomic mass is 15.3. The lowest BCUT2D eigenvalue weighted by atomic mass is 10.0. The molecule has 1 aromatic carbocycles. The van der Waals surface area contributed by atoms with Gasteiger partial charge in [-0.3, -0.25) is 16.0 Å². The van der Waals surface area contributed by atoms with E-state index in [0.717, 1.165) is 25.6 Å². The first-order valence-corrected chi connectivity index (χ1v) is 6.96. The lowest BCUT2D eigenvalue weighted by Gasteiger charge is -2.09. The van der Waals surface area contributed by atoms with E-state index in [1.807, 2.05) is 0 Å². The third-order valence-corrected chi connectivity index (χ3v) is 2.72. The van der Waals surface area contributed by atoms with Gasteiger partial charge in [0.1, 0.15) is 6.29 Å². The maximum Gasteiger partial charge on any atom is 0.112 e. The molecule has 1 aliphatic rings. The zero-order valence-electron chi connectivity index (χ0n) is 11.9. The van der Waals surface area contributed by atoms with Gasteiger partial charge in [0.15, 0.2) is 0 Å². The molecule has 0 aromatic heterocycles. The van der Waals surface area contributed by atoms with E-state index in [2.05, 4.69) is 67.1 Å². The van der Waals surface area contributed by atoms with Gasteiger partial charge in [-0.2, -0.15) is 0 Å². The monoisotopic (exact) mass is 249 g/mol. The summed E-state index contributed by atoms with van der Waals surface area (Å²) in [6.45, 7) is 9.77. The number of nitrogens with one attached hydrogen (secondary N) is 3. The smallest absolute Gasteiger partial charge is 0.112 e. The molecule has 0 amide bonds. The average molecular weight is 249 g/mol. The highest BCUT2D eigenvalue weighted by Gasteiger charge is 2.08. The molecule has 0 aliphatic carbocycles. The minimum Gasteiger partial charge on any atom is -0.290 e. The molecule has 18 heavy (non-hydrogen) atoms. The van der Waals surface area contributed by atoms with Gasteiger partial charge in [-0.1, -0.05) is 51.1 Å². The molecule has 0 spiro atoms. The molecule has 1 heterocycles. The number of hydrogen-bond acceptors (Lipinski definition) is 3. The van der Waals surface area contributed by atoms with Gasteiger partial charge in [0.05, 0.1) is 0 Å². The molecule has 2 rings (SSSR count). The van der Waals surface area contributed by atoms with Crippen LogP contribution in [-0.4, -0.2) is 25.9 Å². The van der Waals surface area contributed by atoms with Crippen molar-refractivity contribution in [3.63, 3.8) is 0 Å². The summed E-state index contributed by atoms with van der Waals surface area (Å²) in [6.07, 6.45) is 1.56. The van der Waals surface area contributed by atoms with Gasteiger partial charge >= 0.3 is 0 Å². The van der Waals surface area contributed by atoms with Crippen molar-refractivity contribution in [2.24, 2.45) is 5.92 Å². The predicted molar refractivity (Wildman–Crippen MR) is 78.5 cm³/mol. The van der Waals surface area contributed by atoms with Crippen LogP contribution in [0.15, 0.2) is 30.3 Å². The fraction of sp³-hybridized carbons (Fsp3) is 0.600. The van der Waals surface area contributed by atoms with Crippen LogP contribution in [0.1, 0.15) is 26.3 Å². The third kappa shape index (κ3) is 6.74. The average Bonchev–Trinajstić information content (AvgIpc) is 2.84. The Bertz CT molecular complexity index is 292. The predicted octanol–water partition coefficient (Wildman–Crippen LogP) is 1.96. The fourth-order valence-electron chi connectivity index (χ4n) is 1.94. The summed E-state index contributed by atoms with van der Waals surface area (Å²) in [4.78, 5) is 0. The maximum absolute atomic E-state index is 3.24. The molecule has 0 bridgehead atoms. The quantitative estimate of drug-likeness (QED) is 0.763. The van der Waals surface area contributed by atoms with Gasteiger partial charge in [0.25, 0.3) is 0 Å². The van der Waals surface area contributed by atoms with Gasteiger partial charge in [-0.25, -0.2) is 0 Å². The van der Waals surface area contributed by atoms with Crippen molar-refractivity contribution in [2.75, 3.05) is 19.6 Å². The Morgan fingerprint density at radius 1 is 1.17 bits per heavy atom. The van der Waals surface area contributed by atoms with E-state index in [-0.39, 0.29) is 0 Å². The number of hydrogen-bond donors (Lipinski definition) is 3. The molecule has 1 fully saturated rings. The summed E-state index contributed by atoms with van der Waals surface area (Å²) in [5.41, 5.74) is 1.44. The number of benzene rings is 1. The van der Waals surface area contributed by atoms with Crippen molar-refractivity contribution >= 4 is 0 Å². The molecule has 0 radical (unpaired) electrons. The van der Waals surface area contributed by atoms with E-state index in [1.54, 1.807) is 0 Å². The lowest BCUT2D eigenvalue weighted by molar-refractivity contribution is 0.457. The van der Waals surface area contributed by atoms with E-state index in [4.69, 9.17) is 0 Å². The Morgan fingerprint density at radius 2 is 1.78 bits per heavy atom. The van der Waals surface area contributed by atoms with E-state index < -0.39 is 0 Å². The zero-order chi connectivity index (χ0) is 13.2. The summed E-state index contributed by atoms with van der Waals surface area (Å²) in [5.74, 6) is 0.766. The van der Waals surface area contributed by atoms with Crippen molar-refractivity contribution in [1.29, 1.82) is 0 Å². The maximum atomic E-state index is 3.24. The largest absolute Gasteiger partial charge is 0.290 e. The molecular weight excluding hydrogens is 222 g/mol. The first kappa shape index (κ1) is 15.2. The Hall–Kier alpha value is -0.900. The molecule has 1 aliphatic heterocycles. The van der Waals surface area contributed by atoms with Crippen molar-refractivity contribution in [2.45, 2.75) is 33.5 Å². The van der Waals surface area contributed by atoms with Gasteiger partial charge < -0.3 is 0 Å². The number of rotatable bonds is 4. The summed E-state index contributed by atoms with van der Waals surface area (Å²) < 4.78 is 0. The second kappa shape index (κ2) is 9.09. The van der Waals surface area contributed by atoms with Crippen molar-refractivity contribution < 1.29 is 0 Å². The minimum absolute atomic E-state index is 0.361. The van der Waals surface area contributed by atoms with Crippen LogP contribution in [0.3, 0.4) is 0 Å². The van der Waals surface area contributed by atoms with Crippen LogP contribution < -0.4 is 16.0 Å². The molecule has 3 heteroatoms. The molecule has 0 saturated carbocycles. The molecule has 1 saturated heterocycles. The van der Waals surface area contributed by atoms with Crippen LogP contribution in [0.25, 0.3) is 0 Å². The zero-order valence-corrected chi connectivity index (χ0v) is 11.9. The topological polar surface area (TPSA) is 36.1 Å². The van der Waals surface area contributed by atoms with E-state index in [1.165, 1.54) is 12.0 Å². The molecule has 3 N–H and O–H groups in total. The van der Waals surface area contributed by atoms with E-state index in [0.29, 0.717) is 6.29 Å². The van der Waals surface area contributed by atoms with Crippen LogP contribution in [-0.2, 0) is 6.42 Å². The first-order valence-electron chi connectivity index (χ1n) is 6.96. The third-order valence-electron chi connectivity index (χ3n) is 2.72. The van der Waals surface area contributed by atoms with Crippen LogP contribution in [0.5, 0.6) is 0 Å².